The molecule has 2 aliphatic rings. The van der Waals surface area contributed by atoms with E-state index in [0.29, 0.717) is 11.8 Å². The van der Waals surface area contributed by atoms with E-state index in [9.17, 15) is 9.59 Å². The number of carbonyl (C=O) groups is 2. The van der Waals surface area contributed by atoms with Crippen molar-refractivity contribution in [1.82, 2.24) is 20.4 Å². The van der Waals surface area contributed by atoms with Crippen LogP contribution in [0.2, 0.25) is 0 Å². The number of carbonyl (C=O) groups excluding carboxylic acids is 2. The second-order valence-electron chi connectivity index (χ2n) is 8.26. The van der Waals surface area contributed by atoms with Crippen LogP contribution in [-0.2, 0) is 0 Å². The van der Waals surface area contributed by atoms with Crippen molar-refractivity contribution >= 4 is 12.1 Å². The van der Waals surface area contributed by atoms with Crippen LogP contribution in [0.3, 0.4) is 0 Å². The molecule has 0 aliphatic carbocycles. The van der Waals surface area contributed by atoms with Crippen molar-refractivity contribution in [3.63, 3.8) is 0 Å². The van der Waals surface area contributed by atoms with E-state index < -0.39 is 0 Å². The first-order valence-corrected chi connectivity index (χ1v) is 10.6. The maximum Gasteiger partial charge on any atom is 0.317 e. The van der Waals surface area contributed by atoms with Crippen molar-refractivity contribution in [2.45, 2.75) is 65.2 Å². The van der Waals surface area contributed by atoms with E-state index in [1.807, 2.05) is 9.80 Å². The molecule has 6 nitrogen and oxygen atoms in total. The molecule has 2 aliphatic heterocycles. The van der Waals surface area contributed by atoms with Crippen LogP contribution in [0.5, 0.6) is 0 Å². The molecule has 2 saturated heterocycles. The van der Waals surface area contributed by atoms with Gasteiger partial charge in [-0.05, 0) is 50.4 Å². The minimum Gasteiger partial charge on any atom is -0.338 e. The first-order valence-electron chi connectivity index (χ1n) is 10.6. The van der Waals surface area contributed by atoms with Gasteiger partial charge in [0, 0.05) is 39.3 Å². The van der Waals surface area contributed by atoms with Crippen LogP contribution in [0.25, 0.3) is 0 Å². The molecule has 26 heavy (non-hydrogen) atoms. The molecule has 2 N–H and O–H groups in total. The smallest absolute Gasteiger partial charge is 0.317 e. The number of hydrogen-bond donors (Lipinski definition) is 2. The average Bonchev–Trinajstić information content (AvgIpc) is 2.63. The van der Waals surface area contributed by atoms with Gasteiger partial charge >= 0.3 is 12.1 Å². The zero-order valence-electron chi connectivity index (χ0n) is 16.8. The number of unbranched alkanes of at least 4 members (excludes halogenated alkanes) is 3. The van der Waals surface area contributed by atoms with Gasteiger partial charge in [0.25, 0.3) is 0 Å². The summed E-state index contributed by atoms with van der Waals surface area (Å²) in [5, 5.41) is 6.08. The van der Waals surface area contributed by atoms with E-state index in [2.05, 4.69) is 24.5 Å². The lowest BCUT2D eigenvalue weighted by molar-refractivity contribution is 0.169. The summed E-state index contributed by atoms with van der Waals surface area (Å²) in [4.78, 5) is 28.1. The number of amides is 4. The topological polar surface area (TPSA) is 64.7 Å². The van der Waals surface area contributed by atoms with E-state index in [0.717, 1.165) is 77.8 Å². The molecule has 2 atom stereocenters. The summed E-state index contributed by atoms with van der Waals surface area (Å²) < 4.78 is 0. The zero-order chi connectivity index (χ0) is 18.8. The molecular formula is C20H38N4O2. The van der Waals surface area contributed by atoms with E-state index in [1.54, 1.807) is 0 Å². The lowest BCUT2D eigenvalue weighted by atomic mass is 10.0. The second-order valence-corrected chi connectivity index (χ2v) is 8.26. The first-order chi connectivity index (χ1) is 12.6. The molecule has 0 aromatic carbocycles. The number of piperidine rings is 2. The monoisotopic (exact) mass is 366 g/mol. The quantitative estimate of drug-likeness (QED) is 0.678. The van der Waals surface area contributed by atoms with Gasteiger partial charge in [-0.25, -0.2) is 9.59 Å². The highest BCUT2D eigenvalue weighted by atomic mass is 16.2. The third-order valence-corrected chi connectivity index (χ3v) is 5.54. The number of nitrogens with one attached hydrogen (secondary N) is 2. The van der Waals surface area contributed by atoms with Gasteiger partial charge < -0.3 is 20.4 Å². The third kappa shape index (κ3) is 7.42. The molecule has 0 bridgehead atoms. The van der Waals surface area contributed by atoms with Gasteiger partial charge in [0.1, 0.15) is 0 Å². The molecule has 150 valence electrons. The van der Waals surface area contributed by atoms with Crippen molar-refractivity contribution in [3.05, 3.63) is 0 Å². The number of rotatable bonds is 7. The molecule has 2 fully saturated rings. The second kappa shape index (κ2) is 11.3. The molecule has 0 saturated carbocycles. The molecule has 0 unspecified atom stereocenters. The van der Waals surface area contributed by atoms with E-state index >= 15 is 0 Å². The van der Waals surface area contributed by atoms with Crippen LogP contribution >= 0.6 is 0 Å². The molecule has 2 rings (SSSR count). The number of nitrogens with zero attached hydrogens (tertiary/aromatic N) is 2. The van der Waals surface area contributed by atoms with Crippen LogP contribution in [0.15, 0.2) is 0 Å². The maximum absolute atomic E-state index is 12.1. The summed E-state index contributed by atoms with van der Waals surface area (Å²) in [6, 6.07) is 0.194. The predicted molar refractivity (Wildman–Crippen MR) is 105 cm³/mol. The first kappa shape index (κ1) is 20.8. The van der Waals surface area contributed by atoms with E-state index in [4.69, 9.17) is 0 Å². The standard InChI is InChI=1S/C20H38N4O2/c1-17-9-7-13-23(15-17)19(25)21-11-5-3-4-6-12-22-20(26)24-14-8-10-18(2)16-24/h17-18H,3-16H2,1-2H3,(H,21,25)(H,22,26)/t17-,18-/m0/s1. The summed E-state index contributed by atoms with van der Waals surface area (Å²) in [6.07, 6.45) is 8.90. The Morgan fingerprint density at radius 1 is 0.769 bits per heavy atom. The van der Waals surface area contributed by atoms with Crippen molar-refractivity contribution in [1.29, 1.82) is 0 Å². The maximum atomic E-state index is 12.1. The van der Waals surface area contributed by atoms with Crippen LogP contribution < -0.4 is 10.6 Å². The highest BCUT2D eigenvalue weighted by Crippen LogP contribution is 2.16. The van der Waals surface area contributed by atoms with Crippen molar-refractivity contribution < 1.29 is 9.59 Å². The van der Waals surface area contributed by atoms with Gasteiger partial charge in [-0.3, -0.25) is 0 Å². The van der Waals surface area contributed by atoms with Gasteiger partial charge in [0.2, 0.25) is 0 Å². The molecular weight excluding hydrogens is 328 g/mol. The molecule has 4 amide bonds. The summed E-state index contributed by atoms with van der Waals surface area (Å²) >= 11 is 0. The molecule has 0 spiro atoms. The Kier molecular flexibility index (Phi) is 9.06. The Hall–Kier alpha value is -1.46. The molecule has 0 aromatic heterocycles. The average molecular weight is 367 g/mol. The summed E-state index contributed by atoms with van der Waals surface area (Å²) in [7, 11) is 0. The minimum absolute atomic E-state index is 0.0968. The molecule has 0 aromatic rings. The number of hydrogen-bond acceptors (Lipinski definition) is 2. The summed E-state index contributed by atoms with van der Waals surface area (Å²) in [5.74, 6) is 1.25. The lowest BCUT2D eigenvalue weighted by Crippen LogP contribution is -2.45. The van der Waals surface area contributed by atoms with Crippen LogP contribution in [-0.4, -0.2) is 61.1 Å². The fourth-order valence-electron chi connectivity index (χ4n) is 3.97. The zero-order valence-corrected chi connectivity index (χ0v) is 16.8. The largest absolute Gasteiger partial charge is 0.338 e. The fraction of sp³-hybridized carbons (Fsp3) is 0.900. The van der Waals surface area contributed by atoms with Crippen molar-refractivity contribution in [2.24, 2.45) is 11.8 Å². The summed E-state index contributed by atoms with van der Waals surface area (Å²) in [5.41, 5.74) is 0. The van der Waals surface area contributed by atoms with Crippen LogP contribution in [0.1, 0.15) is 65.2 Å². The lowest BCUT2D eigenvalue weighted by Gasteiger charge is -2.31. The van der Waals surface area contributed by atoms with Crippen LogP contribution in [0, 0.1) is 11.8 Å². The summed E-state index contributed by atoms with van der Waals surface area (Å²) in [6.45, 7) is 9.50. The highest BCUT2D eigenvalue weighted by molar-refractivity contribution is 5.74. The van der Waals surface area contributed by atoms with Gasteiger partial charge in [0.05, 0.1) is 0 Å². The SMILES string of the molecule is C[C@H]1CCCN(C(=O)NCCCCCCNC(=O)N2CCC[C@H](C)C2)C1. The van der Waals surface area contributed by atoms with E-state index in [1.165, 1.54) is 12.8 Å². The molecule has 0 radical (unpaired) electrons. The predicted octanol–water partition coefficient (Wildman–Crippen LogP) is 3.43. The van der Waals surface area contributed by atoms with E-state index in [-0.39, 0.29) is 12.1 Å². The number of likely N-dealkylation sites (tertiary alicyclic amines) is 2. The van der Waals surface area contributed by atoms with Crippen LogP contribution in [0.4, 0.5) is 9.59 Å². The van der Waals surface area contributed by atoms with Gasteiger partial charge in [-0.1, -0.05) is 26.7 Å². The highest BCUT2D eigenvalue weighted by Gasteiger charge is 2.21. The van der Waals surface area contributed by atoms with Gasteiger partial charge in [-0.2, -0.15) is 0 Å². The fourth-order valence-corrected chi connectivity index (χ4v) is 3.97. The Labute approximate surface area is 159 Å². The molecule has 6 heteroatoms. The minimum atomic E-state index is 0.0968. The Morgan fingerprint density at radius 3 is 1.58 bits per heavy atom. The Balaban J connectivity index is 1.43. The Morgan fingerprint density at radius 2 is 1.19 bits per heavy atom. The molecule has 2 heterocycles. The van der Waals surface area contributed by atoms with Crippen molar-refractivity contribution in [3.8, 4) is 0 Å². The van der Waals surface area contributed by atoms with Gasteiger partial charge in [0.15, 0.2) is 0 Å². The van der Waals surface area contributed by atoms with Gasteiger partial charge in [-0.15, -0.1) is 0 Å². The van der Waals surface area contributed by atoms with Crippen molar-refractivity contribution in [2.75, 3.05) is 39.3 Å². The Bertz CT molecular complexity index is 404. The number of urea groups is 2. The third-order valence-electron chi connectivity index (χ3n) is 5.54. The normalized spacial score (nSPS) is 23.6.